The Bertz CT molecular complexity index is 1180. The summed E-state index contributed by atoms with van der Waals surface area (Å²) in [4.78, 5) is 40.3. The summed E-state index contributed by atoms with van der Waals surface area (Å²) in [5.41, 5.74) is -1.31. The Balaban J connectivity index is 1.51. The van der Waals surface area contributed by atoms with Crippen molar-refractivity contribution < 1.29 is 19.8 Å². The van der Waals surface area contributed by atoms with Crippen LogP contribution in [0, 0.1) is 17.3 Å². The molecule has 1 aliphatic carbocycles. The van der Waals surface area contributed by atoms with E-state index < -0.39 is 17.0 Å². The molecule has 200 valence electrons. The van der Waals surface area contributed by atoms with Crippen LogP contribution in [-0.4, -0.2) is 50.2 Å². The highest BCUT2D eigenvalue weighted by Crippen LogP contribution is 2.41. The fourth-order valence-corrected chi connectivity index (χ4v) is 6.18. The van der Waals surface area contributed by atoms with Crippen LogP contribution in [0.5, 0.6) is 0 Å². The van der Waals surface area contributed by atoms with Crippen LogP contribution in [0.3, 0.4) is 0 Å². The van der Waals surface area contributed by atoms with E-state index in [1.165, 1.54) is 48.9 Å². The number of carbonyl (C=O) groups is 2. The number of rotatable bonds is 7. The second-order valence-corrected chi connectivity index (χ2v) is 11.8. The lowest BCUT2D eigenvalue weighted by atomic mass is 9.69. The van der Waals surface area contributed by atoms with Crippen LogP contribution in [0.15, 0.2) is 47.4 Å². The number of nitrogens with zero attached hydrogens (tertiary/aromatic N) is 2. The molecular formula is C30H40N2O5. The number of carbonyl (C=O) groups excluding carboxylic acids is 1. The zero-order chi connectivity index (χ0) is 26.8. The molecule has 1 aromatic heterocycles. The number of carboxylic acids is 1. The minimum Gasteiger partial charge on any atom is -0.478 e. The summed E-state index contributed by atoms with van der Waals surface area (Å²) in [7, 11) is 0. The molecule has 4 rings (SSSR count). The summed E-state index contributed by atoms with van der Waals surface area (Å²) in [6.07, 6.45) is 8.79. The quantitative estimate of drug-likeness (QED) is 0.559. The Morgan fingerprint density at radius 2 is 1.78 bits per heavy atom. The summed E-state index contributed by atoms with van der Waals surface area (Å²) in [6, 6.07) is 10.3. The maximum atomic E-state index is 13.3. The van der Waals surface area contributed by atoms with E-state index in [1.807, 2.05) is 31.7 Å². The van der Waals surface area contributed by atoms with E-state index in [4.69, 9.17) is 0 Å². The molecule has 0 spiro atoms. The molecule has 2 unspecified atom stereocenters. The van der Waals surface area contributed by atoms with E-state index in [9.17, 15) is 24.6 Å². The molecule has 2 fully saturated rings. The van der Waals surface area contributed by atoms with Gasteiger partial charge in [-0.15, -0.1) is 0 Å². The molecule has 2 N–H and O–H groups in total. The Kier molecular flexibility index (Phi) is 7.93. The highest BCUT2D eigenvalue weighted by Gasteiger charge is 2.49. The monoisotopic (exact) mass is 508 g/mol. The highest BCUT2D eigenvalue weighted by molar-refractivity contribution is 5.95. The van der Waals surface area contributed by atoms with Gasteiger partial charge >= 0.3 is 5.97 Å². The molecule has 1 aliphatic heterocycles. The second-order valence-electron chi connectivity index (χ2n) is 11.8. The van der Waals surface area contributed by atoms with Crippen molar-refractivity contribution >= 4 is 11.9 Å². The van der Waals surface area contributed by atoms with E-state index >= 15 is 0 Å². The van der Waals surface area contributed by atoms with Gasteiger partial charge in [0.25, 0.3) is 5.56 Å². The number of aliphatic hydroxyl groups is 1. The summed E-state index contributed by atoms with van der Waals surface area (Å²) < 4.78 is 1.31. The number of likely N-dealkylation sites (tertiary alicyclic amines) is 1. The van der Waals surface area contributed by atoms with Gasteiger partial charge in [0.1, 0.15) is 0 Å². The van der Waals surface area contributed by atoms with Crippen LogP contribution in [0.2, 0.25) is 0 Å². The number of aromatic nitrogens is 1. The number of amides is 1. The van der Waals surface area contributed by atoms with Gasteiger partial charge in [-0.3, -0.25) is 9.59 Å². The topological polar surface area (TPSA) is 99.8 Å². The molecule has 7 heteroatoms. The molecule has 37 heavy (non-hydrogen) atoms. The molecule has 2 heterocycles. The van der Waals surface area contributed by atoms with Crippen molar-refractivity contribution in [1.29, 1.82) is 0 Å². The lowest BCUT2D eigenvalue weighted by Crippen LogP contribution is -2.61. The predicted molar refractivity (Wildman–Crippen MR) is 143 cm³/mol. The SMILES string of the molecule is CC(CC1CCCCC1)C(=O)N1CCC(O)(Cn2cc(C(=O)O)c(-c3ccccc3)cc2=O)C(C)(C)C1. The Morgan fingerprint density at radius 1 is 1.11 bits per heavy atom. The fourth-order valence-electron chi connectivity index (χ4n) is 6.18. The van der Waals surface area contributed by atoms with E-state index in [0.29, 0.717) is 36.6 Å². The first-order valence-electron chi connectivity index (χ1n) is 13.6. The van der Waals surface area contributed by atoms with Gasteiger partial charge in [-0.2, -0.15) is 0 Å². The van der Waals surface area contributed by atoms with Crippen LogP contribution < -0.4 is 5.56 Å². The lowest BCUT2D eigenvalue weighted by Gasteiger charge is -2.51. The van der Waals surface area contributed by atoms with Gasteiger partial charge in [-0.25, -0.2) is 4.79 Å². The molecule has 0 bridgehead atoms. The first-order valence-corrected chi connectivity index (χ1v) is 13.6. The standard InChI is InChI=1S/C30H40N2O5/c1-21(16-22-10-6-4-7-11-22)27(34)31-15-14-30(37,29(2,3)19-31)20-32-18-25(28(35)36)24(17-26(32)33)23-12-8-5-9-13-23/h5,8-9,12-13,17-18,21-22,37H,4,6-7,10-11,14-16,19-20H2,1-3H3,(H,35,36). The van der Waals surface area contributed by atoms with Gasteiger partial charge in [0.2, 0.25) is 5.91 Å². The van der Waals surface area contributed by atoms with Gasteiger partial charge in [-0.1, -0.05) is 83.2 Å². The third kappa shape index (κ3) is 5.82. The number of hydrogen-bond donors (Lipinski definition) is 2. The molecule has 1 saturated carbocycles. The maximum absolute atomic E-state index is 13.3. The minimum atomic E-state index is -1.27. The number of carboxylic acid groups (broad SMARTS) is 1. The van der Waals surface area contributed by atoms with Crippen molar-refractivity contribution in [2.24, 2.45) is 17.3 Å². The lowest BCUT2D eigenvalue weighted by molar-refractivity contribution is -0.157. The zero-order valence-corrected chi connectivity index (χ0v) is 22.3. The largest absolute Gasteiger partial charge is 0.478 e. The van der Waals surface area contributed by atoms with Crippen molar-refractivity contribution in [2.75, 3.05) is 13.1 Å². The van der Waals surface area contributed by atoms with E-state index in [2.05, 4.69) is 0 Å². The average molecular weight is 509 g/mol. The van der Waals surface area contributed by atoms with E-state index in [0.717, 1.165) is 6.42 Å². The molecule has 2 atom stereocenters. The Hall–Kier alpha value is -2.93. The van der Waals surface area contributed by atoms with Crippen molar-refractivity contribution in [1.82, 2.24) is 9.47 Å². The summed E-state index contributed by atoms with van der Waals surface area (Å²) in [6.45, 7) is 6.62. The number of pyridine rings is 1. The van der Waals surface area contributed by atoms with Crippen LogP contribution in [-0.2, 0) is 11.3 Å². The third-order valence-electron chi connectivity index (χ3n) is 8.66. The summed E-state index contributed by atoms with van der Waals surface area (Å²) in [5, 5.41) is 21.6. The normalized spacial score (nSPS) is 23.0. The number of piperidine rings is 1. The van der Waals surface area contributed by atoms with Crippen molar-refractivity contribution in [3.05, 3.63) is 58.5 Å². The van der Waals surface area contributed by atoms with Crippen molar-refractivity contribution in [3.8, 4) is 11.1 Å². The van der Waals surface area contributed by atoms with Gasteiger partial charge in [0.05, 0.1) is 17.7 Å². The van der Waals surface area contributed by atoms with Gasteiger partial charge in [0.15, 0.2) is 0 Å². The molecule has 2 aliphatic rings. The Morgan fingerprint density at radius 3 is 2.41 bits per heavy atom. The molecular weight excluding hydrogens is 468 g/mol. The number of aromatic carboxylic acids is 1. The predicted octanol–water partition coefficient (Wildman–Crippen LogP) is 4.81. The smallest absolute Gasteiger partial charge is 0.337 e. The van der Waals surface area contributed by atoms with Crippen molar-refractivity contribution in [3.63, 3.8) is 0 Å². The van der Waals surface area contributed by atoms with E-state index in [1.54, 1.807) is 24.3 Å². The summed E-state index contributed by atoms with van der Waals surface area (Å²) >= 11 is 0. The number of benzene rings is 1. The average Bonchev–Trinajstić information content (AvgIpc) is 2.87. The van der Waals surface area contributed by atoms with Crippen LogP contribution in [0.25, 0.3) is 11.1 Å². The van der Waals surface area contributed by atoms with Crippen LogP contribution in [0.4, 0.5) is 0 Å². The maximum Gasteiger partial charge on any atom is 0.337 e. The van der Waals surface area contributed by atoms with Gasteiger partial charge in [0, 0.05) is 42.2 Å². The molecule has 1 aromatic carbocycles. The first-order chi connectivity index (χ1) is 17.5. The van der Waals surface area contributed by atoms with Gasteiger partial charge in [-0.05, 0) is 24.3 Å². The second kappa shape index (κ2) is 10.8. The zero-order valence-electron chi connectivity index (χ0n) is 22.3. The van der Waals surface area contributed by atoms with Crippen molar-refractivity contribution in [2.45, 2.75) is 77.9 Å². The van der Waals surface area contributed by atoms with Gasteiger partial charge < -0.3 is 19.7 Å². The Labute approximate surface area is 219 Å². The first kappa shape index (κ1) is 27.1. The highest BCUT2D eigenvalue weighted by atomic mass is 16.4. The molecule has 2 aromatic rings. The molecule has 7 nitrogen and oxygen atoms in total. The van der Waals surface area contributed by atoms with Crippen LogP contribution in [0.1, 0.15) is 76.1 Å². The van der Waals surface area contributed by atoms with E-state index in [-0.39, 0.29) is 29.5 Å². The molecule has 1 saturated heterocycles. The van der Waals surface area contributed by atoms with Crippen LogP contribution >= 0.6 is 0 Å². The molecule has 0 radical (unpaired) electrons. The summed E-state index contributed by atoms with van der Waals surface area (Å²) in [5.74, 6) is -0.419. The fraction of sp³-hybridized carbons (Fsp3) is 0.567. The third-order valence-corrected chi connectivity index (χ3v) is 8.66. The molecule has 1 amide bonds. The minimum absolute atomic E-state index is 0.0105. The number of hydrogen-bond acceptors (Lipinski definition) is 4.